The minimum Gasteiger partial charge on any atom is -0.459 e. The minimum absolute atomic E-state index is 0.195. The van der Waals surface area contributed by atoms with E-state index in [1.807, 2.05) is 20.8 Å². The van der Waals surface area contributed by atoms with Crippen LogP contribution in [0, 0.1) is 0 Å². The predicted molar refractivity (Wildman–Crippen MR) is 62.8 cm³/mol. The fourth-order valence-electron chi connectivity index (χ4n) is 1.03. The van der Waals surface area contributed by atoms with Crippen LogP contribution in [0.3, 0.4) is 0 Å². The first-order valence-electron chi connectivity index (χ1n) is 5.37. The molecule has 0 aromatic rings. The number of allylic oxidation sites excluding steroid dienone is 1. The molecule has 3 heteroatoms. The summed E-state index contributed by atoms with van der Waals surface area (Å²) in [5.41, 5.74) is 0.910. The summed E-state index contributed by atoms with van der Waals surface area (Å²) < 4.78 is 5.15. The van der Waals surface area contributed by atoms with Crippen molar-refractivity contribution in [1.82, 2.24) is 5.32 Å². The third-order valence-corrected chi connectivity index (χ3v) is 1.56. The molecule has 0 unspecified atom stereocenters. The van der Waals surface area contributed by atoms with E-state index in [1.165, 1.54) is 5.57 Å². The highest BCUT2D eigenvalue weighted by Gasteiger charge is 2.15. The molecule has 0 aliphatic rings. The molecular formula is C12H23NO2. The molecule has 15 heavy (non-hydrogen) atoms. The lowest BCUT2D eigenvalue weighted by molar-refractivity contribution is -0.153. The molecule has 0 aromatic carbocycles. The molecule has 0 saturated carbocycles. The van der Waals surface area contributed by atoms with Gasteiger partial charge in [0.15, 0.2) is 0 Å². The number of ether oxygens (including phenoxy) is 1. The Bertz CT molecular complexity index is 222. The Kier molecular flexibility index (Phi) is 6.25. The van der Waals surface area contributed by atoms with Gasteiger partial charge in [0, 0.05) is 0 Å². The zero-order chi connectivity index (χ0) is 11.9. The first-order valence-corrected chi connectivity index (χ1v) is 5.37. The molecule has 0 heterocycles. The SMILES string of the molecule is CC(C)=CCCNCC(=O)OC(C)(C)C. The van der Waals surface area contributed by atoms with E-state index in [9.17, 15) is 4.79 Å². The molecular weight excluding hydrogens is 190 g/mol. The Labute approximate surface area is 92.9 Å². The molecule has 0 atom stereocenters. The Morgan fingerprint density at radius 1 is 1.33 bits per heavy atom. The maximum atomic E-state index is 11.3. The monoisotopic (exact) mass is 213 g/mol. The molecule has 1 N–H and O–H groups in total. The number of carbonyl (C=O) groups is 1. The maximum Gasteiger partial charge on any atom is 0.320 e. The Balaban J connectivity index is 3.52. The second-order valence-electron chi connectivity index (χ2n) is 4.83. The van der Waals surface area contributed by atoms with Crippen LogP contribution in [0.1, 0.15) is 41.0 Å². The molecule has 0 amide bonds. The molecule has 0 spiro atoms. The number of carbonyl (C=O) groups excluding carboxylic acids is 1. The molecule has 0 saturated heterocycles. The van der Waals surface area contributed by atoms with Crippen molar-refractivity contribution in [3.8, 4) is 0 Å². The molecule has 0 rings (SSSR count). The summed E-state index contributed by atoms with van der Waals surface area (Å²) in [7, 11) is 0. The number of nitrogens with one attached hydrogen (secondary N) is 1. The normalized spacial score (nSPS) is 11.0. The highest BCUT2D eigenvalue weighted by Crippen LogP contribution is 2.06. The smallest absolute Gasteiger partial charge is 0.320 e. The van der Waals surface area contributed by atoms with Crippen LogP contribution in [0.25, 0.3) is 0 Å². The van der Waals surface area contributed by atoms with Gasteiger partial charge in [0.25, 0.3) is 0 Å². The van der Waals surface area contributed by atoms with Gasteiger partial charge in [-0.3, -0.25) is 4.79 Å². The quantitative estimate of drug-likeness (QED) is 0.432. The van der Waals surface area contributed by atoms with Crippen molar-refractivity contribution >= 4 is 5.97 Å². The third kappa shape index (κ3) is 11.1. The van der Waals surface area contributed by atoms with E-state index in [1.54, 1.807) is 0 Å². The molecule has 0 bridgehead atoms. The summed E-state index contributed by atoms with van der Waals surface area (Å²) in [5.74, 6) is -0.195. The summed E-state index contributed by atoms with van der Waals surface area (Å²) in [6, 6.07) is 0. The highest BCUT2D eigenvalue weighted by atomic mass is 16.6. The van der Waals surface area contributed by atoms with Crippen LogP contribution < -0.4 is 5.32 Å². The first-order chi connectivity index (χ1) is 6.81. The van der Waals surface area contributed by atoms with Crippen molar-refractivity contribution in [2.24, 2.45) is 0 Å². The zero-order valence-corrected chi connectivity index (χ0v) is 10.5. The maximum absolute atomic E-state index is 11.3. The van der Waals surface area contributed by atoms with Crippen LogP contribution in [0.2, 0.25) is 0 Å². The topological polar surface area (TPSA) is 38.3 Å². The van der Waals surface area contributed by atoms with Gasteiger partial charge in [-0.15, -0.1) is 0 Å². The van der Waals surface area contributed by atoms with Crippen LogP contribution in [0.5, 0.6) is 0 Å². The lowest BCUT2D eigenvalue weighted by atomic mass is 10.2. The second kappa shape index (κ2) is 6.62. The van der Waals surface area contributed by atoms with Crippen LogP contribution >= 0.6 is 0 Å². The number of esters is 1. The summed E-state index contributed by atoms with van der Waals surface area (Å²) in [5, 5.41) is 3.04. The van der Waals surface area contributed by atoms with Crippen LogP contribution in [0.4, 0.5) is 0 Å². The van der Waals surface area contributed by atoms with Gasteiger partial charge in [-0.25, -0.2) is 0 Å². The van der Waals surface area contributed by atoms with Crippen LogP contribution in [-0.2, 0) is 9.53 Å². The van der Waals surface area contributed by atoms with E-state index < -0.39 is 5.60 Å². The lowest BCUT2D eigenvalue weighted by Gasteiger charge is -2.19. The van der Waals surface area contributed by atoms with Gasteiger partial charge in [-0.1, -0.05) is 11.6 Å². The van der Waals surface area contributed by atoms with Crippen molar-refractivity contribution in [2.75, 3.05) is 13.1 Å². The minimum atomic E-state index is -0.390. The molecule has 88 valence electrons. The Morgan fingerprint density at radius 2 is 1.93 bits per heavy atom. The fourth-order valence-corrected chi connectivity index (χ4v) is 1.03. The summed E-state index contributed by atoms with van der Waals surface area (Å²) in [6.45, 7) is 10.8. The van der Waals surface area contributed by atoms with E-state index in [4.69, 9.17) is 4.74 Å². The summed E-state index contributed by atoms with van der Waals surface area (Å²) in [4.78, 5) is 11.3. The van der Waals surface area contributed by atoms with E-state index >= 15 is 0 Å². The molecule has 0 aliphatic carbocycles. The summed E-state index contributed by atoms with van der Waals surface area (Å²) >= 11 is 0. The van der Waals surface area contributed by atoms with Crippen molar-refractivity contribution in [1.29, 1.82) is 0 Å². The largest absolute Gasteiger partial charge is 0.459 e. The van der Waals surface area contributed by atoms with Gasteiger partial charge in [0.1, 0.15) is 5.60 Å². The fraction of sp³-hybridized carbons (Fsp3) is 0.750. The zero-order valence-electron chi connectivity index (χ0n) is 10.5. The van der Waals surface area contributed by atoms with E-state index in [0.29, 0.717) is 0 Å². The van der Waals surface area contributed by atoms with Crippen LogP contribution in [-0.4, -0.2) is 24.7 Å². The van der Waals surface area contributed by atoms with E-state index in [0.717, 1.165) is 13.0 Å². The van der Waals surface area contributed by atoms with Gasteiger partial charge >= 0.3 is 5.97 Å². The number of hydrogen-bond acceptors (Lipinski definition) is 3. The van der Waals surface area contributed by atoms with Crippen molar-refractivity contribution in [2.45, 2.75) is 46.6 Å². The van der Waals surface area contributed by atoms with E-state index in [-0.39, 0.29) is 12.5 Å². The molecule has 0 fully saturated rings. The third-order valence-electron chi connectivity index (χ3n) is 1.56. The molecule has 0 aliphatic heterocycles. The number of rotatable bonds is 5. The average molecular weight is 213 g/mol. The van der Waals surface area contributed by atoms with Gasteiger partial charge in [-0.05, 0) is 47.6 Å². The standard InChI is InChI=1S/C12H23NO2/c1-10(2)7-6-8-13-9-11(14)15-12(3,4)5/h7,13H,6,8-9H2,1-5H3. The molecule has 0 aromatic heterocycles. The van der Waals surface area contributed by atoms with Crippen molar-refractivity contribution in [3.05, 3.63) is 11.6 Å². The van der Waals surface area contributed by atoms with Gasteiger partial charge < -0.3 is 10.1 Å². The Hall–Kier alpha value is -0.830. The van der Waals surface area contributed by atoms with Gasteiger partial charge in [0.05, 0.1) is 6.54 Å². The van der Waals surface area contributed by atoms with Crippen molar-refractivity contribution < 1.29 is 9.53 Å². The van der Waals surface area contributed by atoms with Gasteiger partial charge in [-0.2, -0.15) is 0 Å². The van der Waals surface area contributed by atoms with Crippen molar-refractivity contribution in [3.63, 3.8) is 0 Å². The highest BCUT2D eigenvalue weighted by molar-refractivity contribution is 5.72. The molecule has 0 radical (unpaired) electrons. The predicted octanol–water partition coefficient (Wildman–Crippen LogP) is 2.27. The first kappa shape index (κ1) is 14.2. The summed E-state index contributed by atoms with van der Waals surface area (Å²) in [6.07, 6.45) is 3.09. The number of hydrogen-bond donors (Lipinski definition) is 1. The second-order valence-corrected chi connectivity index (χ2v) is 4.83. The van der Waals surface area contributed by atoms with E-state index in [2.05, 4.69) is 25.2 Å². The average Bonchev–Trinajstić information content (AvgIpc) is 1.99. The lowest BCUT2D eigenvalue weighted by Crippen LogP contribution is -2.31. The Morgan fingerprint density at radius 3 is 2.40 bits per heavy atom. The van der Waals surface area contributed by atoms with Crippen LogP contribution in [0.15, 0.2) is 11.6 Å². The van der Waals surface area contributed by atoms with Gasteiger partial charge in [0.2, 0.25) is 0 Å². The molecule has 3 nitrogen and oxygen atoms in total.